The molecule has 1 rings (SSSR count). The van der Waals surface area contributed by atoms with Gasteiger partial charge in [0.1, 0.15) is 11.4 Å². The van der Waals surface area contributed by atoms with Gasteiger partial charge in [0, 0.05) is 27.1 Å². The molecule has 0 aliphatic carbocycles. The van der Waals surface area contributed by atoms with E-state index >= 15 is 0 Å². The molecule has 0 saturated carbocycles. The van der Waals surface area contributed by atoms with Crippen molar-refractivity contribution >= 4 is 12.0 Å². The Balaban J connectivity index is 2.31. The Hall–Kier alpha value is -1.79. The van der Waals surface area contributed by atoms with Crippen molar-refractivity contribution in [3.63, 3.8) is 0 Å². The highest BCUT2D eigenvalue weighted by Crippen LogP contribution is 2.06. The summed E-state index contributed by atoms with van der Waals surface area (Å²) < 4.78 is 5.11. The van der Waals surface area contributed by atoms with Crippen LogP contribution in [0.2, 0.25) is 0 Å². The molecular weight excluding hydrogens is 234 g/mol. The molecule has 0 fully saturated rings. The minimum Gasteiger partial charge on any atom is -0.444 e. The van der Waals surface area contributed by atoms with Crippen LogP contribution in [-0.4, -0.2) is 47.5 Å². The van der Waals surface area contributed by atoms with Gasteiger partial charge in [0.2, 0.25) is 5.95 Å². The molecule has 0 aromatic carbocycles. The fraction of sp³-hybridized carbons (Fsp3) is 0.727. The van der Waals surface area contributed by atoms with Crippen molar-refractivity contribution in [1.82, 2.24) is 20.5 Å². The molecule has 7 heteroatoms. The van der Waals surface area contributed by atoms with E-state index in [1.165, 1.54) is 0 Å². The van der Waals surface area contributed by atoms with Gasteiger partial charge in [-0.3, -0.25) is 5.10 Å². The highest BCUT2D eigenvalue weighted by molar-refractivity contribution is 5.67. The van der Waals surface area contributed by atoms with Crippen molar-refractivity contribution in [2.24, 2.45) is 0 Å². The van der Waals surface area contributed by atoms with Crippen molar-refractivity contribution in [3.05, 3.63) is 5.82 Å². The zero-order chi connectivity index (χ0) is 13.8. The molecule has 2 N–H and O–H groups in total. The number of hydrogen-bond donors (Lipinski definition) is 2. The maximum Gasteiger partial charge on any atom is 0.407 e. The first kappa shape index (κ1) is 14.3. The lowest BCUT2D eigenvalue weighted by molar-refractivity contribution is 0.0528. The number of aromatic nitrogens is 3. The maximum atomic E-state index is 11.4. The standard InChI is InChI=1S/C11H21N5O2/c1-11(2,3)18-10(17)12-7-6-8-13-9(15-14-8)16(4)5/h6-7H2,1-5H3,(H,12,17)(H,13,14,15). The number of carbonyl (C=O) groups excluding carboxylic acids is 1. The van der Waals surface area contributed by atoms with Crippen LogP contribution in [0.15, 0.2) is 0 Å². The normalized spacial score (nSPS) is 11.2. The summed E-state index contributed by atoms with van der Waals surface area (Å²) in [5.74, 6) is 1.36. The summed E-state index contributed by atoms with van der Waals surface area (Å²) in [7, 11) is 3.73. The van der Waals surface area contributed by atoms with Gasteiger partial charge in [0.15, 0.2) is 0 Å². The van der Waals surface area contributed by atoms with E-state index in [9.17, 15) is 4.79 Å². The van der Waals surface area contributed by atoms with E-state index in [0.717, 1.165) is 5.82 Å². The number of hydrogen-bond acceptors (Lipinski definition) is 5. The average molecular weight is 255 g/mol. The predicted octanol–water partition coefficient (Wildman–Crippen LogP) is 0.938. The SMILES string of the molecule is CN(C)c1n[nH]c(CCNC(=O)OC(C)(C)C)n1. The summed E-state index contributed by atoms with van der Waals surface area (Å²) >= 11 is 0. The Morgan fingerprint density at radius 2 is 2.11 bits per heavy atom. The maximum absolute atomic E-state index is 11.4. The minimum atomic E-state index is -0.478. The summed E-state index contributed by atoms with van der Waals surface area (Å²) in [5, 5.41) is 9.50. The number of alkyl carbamates (subject to hydrolysis) is 1. The van der Waals surface area contributed by atoms with Crippen molar-refractivity contribution in [1.29, 1.82) is 0 Å². The Morgan fingerprint density at radius 1 is 1.44 bits per heavy atom. The highest BCUT2D eigenvalue weighted by atomic mass is 16.6. The fourth-order valence-electron chi connectivity index (χ4n) is 1.19. The van der Waals surface area contributed by atoms with E-state index in [1.54, 1.807) is 4.90 Å². The number of carbonyl (C=O) groups is 1. The van der Waals surface area contributed by atoms with Gasteiger partial charge < -0.3 is 15.0 Å². The van der Waals surface area contributed by atoms with E-state index in [1.807, 2.05) is 34.9 Å². The summed E-state index contributed by atoms with van der Waals surface area (Å²) in [5.41, 5.74) is -0.478. The van der Waals surface area contributed by atoms with Gasteiger partial charge in [-0.15, -0.1) is 5.10 Å². The summed E-state index contributed by atoms with van der Waals surface area (Å²) in [6.45, 7) is 5.93. The largest absolute Gasteiger partial charge is 0.444 e. The molecule has 1 aromatic rings. The van der Waals surface area contributed by atoms with E-state index in [0.29, 0.717) is 18.9 Å². The van der Waals surface area contributed by atoms with Crippen LogP contribution in [0.5, 0.6) is 0 Å². The third kappa shape index (κ3) is 5.03. The second-order valence-electron chi connectivity index (χ2n) is 5.16. The molecule has 1 heterocycles. The summed E-state index contributed by atoms with van der Waals surface area (Å²) in [6, 6.07) is 0. The van der Waals surface area contributed by atoms with Gasteiger partial charge in [0.05, 0.1) is 0 Å². The fourth-order valence-corrected chi connectivity index (χ4v) is 1.19. The van der Waals surface area contributed by atoms with Crippen LogP contribution in [0.3, 0.4) is 0 Å². The molecule has 0 radical (unpaired) electrons. The van der Waals surface area contributed by atoms with E-state index in [2.05, 4.69) is 20.5 Å². The summed E-state index contributed by atoms with van der Waals surface area (Å²) in [6.07, 6.45) is 0.162. The third-order valence-electron chi connectivity index (χ3n) is 1.95. The van der Waals surface area contributed by atoms with Crippen molar-refractivity contribution in [2.75, 3.05) is 25.5 Å². The molecule has 1 aromatic heterocycles. The Labute approximate surface area is 107 Å². The van der Waals surface area contributed by atoms with Gasteiger partial charge in [-0.05, 0) is 20.8 Å². The molecular formula is C11H21N5O2. The highest BCUT2D eigenvalue weighted by Gasteiger charge is 2.15. The van der Waals surface area contributed by atoms with Gasteiger partial charge in [0.25, 0.3) is 0 Å². The number of rotatable bonds is 4. The van der Waals surface area contributed by atoms with Gasteiger partial charge in [-0.2, -0.15) is 4.98 Å². The number of amides is 1. The van der Waals surface area contributed by atoms with Crippen molar-refractivity contribution in [2.45, 2.75) is 32.8 Å². The molecule has 102 valence electrons. The monoisotopic (exact) mass is 255 g/mol. The zero-order valence-electron chi connectivity index (χ0n) is 11.6. The molecule has 0 unspecified atom stereocenters. The first-order valence-electron chi connectivity index (χ1n) is 5.83. The first-order valence-corrected chi connectivity index (χ1v) is 5.83. The van der Waals surface area contributed by atoms with E-state index in [-0.39, 0.29) is 0 Å². The van der Waals surface area contributed by atoms with Crippen molar-refractivity contribution in [3.8, 4) is 0 Å². The second kappa shape index (κ2) is 5.70. The third-order valence-corrected chi connectivity index (χ3v) is 1.95. The van der Waals surface area contributed by atoms with Gasteiger partial charge >= 0.3 is 6.09 Å². The van der Waals surface area contributed by atoms with Gasteiger partial charge in [-0.1, -0.05) is 0 Å². The number of aromatic amines is 1. The van der Waals surface area contributed by atoms with Crippen LogP contribution in [0.4, 0.5) is 10.7 Å². The number of anilines is 1. The topological polar surface area (TPSA) is 83.1 Å². The van der Waals surface area contributed by atoms with E-state index < -0.39 is 11.7 Å². The molecule has 0 saturated heterocycles. The minimum absolute atomic E-state index is 0.421. The average Bonchev–Trinajstić information content (AvgIpc) is 2.63. The van der Waals surface area contributed by atoms with Crippen LogP contribution >= 0.6 is 0 Å². The Bertz CT molecular complexity index is 394. The molecule has 0 aliphatic rings. The Morgan fingerprint density at radius 3 is 2.61 bits per heavy atom. The molecule has 0 atom stereocenters. The van der Waals surface area contributed by atoms with Crippen LogP contribution in [-0.2, 0) is 11.2 Å². The second-order valence-corrected chi connectivity index (χ2v) is 5.16. The van der Waals surface area contributed by atoms with Crippen LogP contribution in [0.1, 0.15) is 26.6 Å². The zero-order valence-corrected chi connectivity index (χ0v) is 11.6. The Kier molecular flexibility index (Phi) is 4.52. The van der Waals surface area contributed by atoms with Crippen LogP contribution in [0.25, 0.3) is 0 Å². The lowest BCUT2D eigenvalue weighted by Crippen LogP contribution is -2.33. The number of nitrogens with one attached hydrogen (secondary N) is 2. The lowest BCUT2D eigenvalue weighted by atomic mass is 10.2. The number of nitrogens with zero attached hydrogens (tertiary/aromatic N) is 3. The smallest absolute Gasteiger partial charge is 0.407 e. The number of ether oxygens (including phenoxy) is 1. The van der Waals surface area contributed by atoms with Gasteiger partial charge in [-0.25, -0.2) is 4.79 Å². The number of H-pyrrole nitrogens is 1. The van der Waals surface area contributed by atoms with Crippen LogP contribution in [0, 0.1) is 0 Å². The molecule has 1 amide bonds. The summed E-state index contributed by atoms with van der Waals surface area (Å²) in [4.78, 5) is 17.4. The first-order chi connectivity index (χ1) is 8.28. The lowest BCUT2D eigenvalue weighted by Gasteiger charge is -2.19. The quantitative estimate of drug-likeness (QED) is 0.836. The molecule has 0 spiro atoms. The molecule has 0 bridgehead atoms. The predicted molar refractivity (Wildman–Crippen MR) is 68.7 cm³/mol. The molecule has 7 nitrogen and oxygen atoms in total. The van der Waals surface area contributed by atoms with E-state index in [4.69, 9.17) is 4.74 Å². The molecule has 18 heavy (non-hydrogen) atoms. The molecule has 0 aliphatic heterocycles. The van der Waals surface area contributed by atoms with Crippen molar-refractivity contribution < 1.29 is 9.53 Å². The van der Waals surface area contributed by atoms with Crippen LogP contribution < -0.4 is 10.2 Å².